The molecule has 1 aromatic carbocycles. The van der Waals surface area contributed by atoms with Crippen molar-refractivity contribution in [2.24, 2.45) is 0 Å². The number of benzene rings is 1. The Balaban J connectivity index is 1.85. The smallest absolute Gasteiger partial charge is 0.295 e. The van der Waals surface area contributed by atoms with Crippen LogP contribution >= 0.6 is 0 Å². The van der Waals surface area contributed by atoms with Crippen LogP contribution in [0.15, 0.2) is 30.3 Å². The van der Waals surface area contributed by atoms with Crippen molar-refractivity contribution in [3.63, 3.8) is 0 Å². The van der Waals surface area contributed by atoms with Gasteiger partial charge in [-0.2, -0.15) is 0 Å². The van der Waals surface area contributed by atoms with Crippen LogP contribution in [0, 0.1) is 11.8 Å². The van der Waals surface area contributed by atoms with Crippen LogP contribution in [0.25, 0.3) is 0 Å². The average molecular weight is 286 g/mol. The maximum Gasteiger partial charge on any atom is 0.295 e. The largest absolute Gasteiger partial charge is 0.375 e. The van der Waals surface area contributed by atoms with E-state index in [1.54, 1.807) is 6.92 Å². The Bertz CT molecular complexity index is 505. The Morgan fingerprint density at radius 2 is 2.24 bits per heavy atom. The summed E-state index contributed by atoms with van der Waals surface area (Å²) in [6.45, 7) is 5.68. The fourth-order valence-electron chi connectivity index (χ4n) is 2.44. The van der Waals surface area contributed by atoms with Crippen molar-refractivity contribution in [2.75, 3.05) is 26.2 Å². The van der Waals surface area contributed by atoms with Crippen LogP contribution in [-0.4, -0.2) is 43.2 Å². The van der Waals surface area contributed by atoms with Gasteiger partial charge in [-0.1, -0.05) is 36.3 Å². The first-order chi connectivity index (χ1) is 10.3. The maximum absolute atomic E-state index is 11.4. The molecule has 0 radical (unpaired) electrons. The highest BCUT2D eigenvalue weighted by Crippen LogP contribution is 2.10. The van der Waals surface area contributed by atoms with Gasteiger partial charge in [-0.3, -0.25) is 9.69 Å². The lowest BCUT2D eigenvalue weighted by Crippen LogP contribution is -2.39. The van der Waals surface area contributed by atoms with E-state index in [9.17, 15) is 4.79 Å². The van der Waals surface area contributed by atoms with E-state index in [1.807, 2.05) is 6.07 Å². The summed E-state index contributed by atoms with van der Waals surface area (Å²) in [7, 11) is 0. The van der Waals surface area contributed by atoms with Crippen molar-refractivity contribution in [1.82, 2.24) is 10.2 Å². The third-order valence-corrected chi connectivity index (χ3v) is 3.41. The van der Waals surface area contributed by atoms with Crippen molar-refractivity contribution in [3.05, 3.63) is 35.9 Å². The third kappa shape index (κ3) is 5.58. The molecular weight excluding hydrogens is 264 g/mol. The second kappa shape index (κ2) is 8.46. The summed E-state index contributed by atoms with van der Waals surface area (Å²) in [4.78, 5) is 13.8. The predicted octanol–water partition coefficient (Wildman–Crippen LogP) is 1.42. The van der Waals surface area contributed by atoms with E-state index in [0.29, 0.717) is 6.54 Å². The number of nitrogens with zero attached hydrogens (tertiary/aromatic N) is 1. The van der Waals surface area contributed by atoms with Gasteiger partial charge in [0.2, 0.25) is 0 Å². The molecule has 1 amide bonds. The van der Waals surface area contributed by atoms with Gasteiger partial charge in [-0.25, -0.2) is 0 Å². The highest BCUT2D eigenvalue weighted by molar-refractivity contribution is 5.93. The van der Waals surface area contributed by atoms with E-state index in [4.69, 9.17) is 4.74 Å². The molecule has 4 heteroatoms. The summed E-state index contributed by atoms with van der Waals surface area (Å²) in [5.74, 6) is 4.84. The standard InChI is InChI=1S/C17H22N2O2/c1-2-7-17(20)18-12-16-14-19(10-6-11-21-16)13-15-8-4-3-5-9-15/h3-5,8-9,16H,6,10-14H2,1H3,(H,18,20). The van der Waals surface area contributed by atoms with Crippen molar-refractivity contribution >= 4 is 5.91 Å². The molecule has 1 unspecified atom stereocenters. The van der Waals surface area contributed by atoms with E-state index in [0.717, 1.165) is 32.7 Å². The number of carbonyl (C=O) groups is 1. The molecule has 1 aromatic rings. The first-order valence-electron chi connectivity index (χ1n) is 7.36. The molecule has 0 aromatic heterocycles. The van der Waals surface area contributed by atoms with E-state index in [-0.39, 0.29) is 12.0 Å². The average Bonchev–Trinajstić information content (AvgIpc) is 2.72. The van der Waals surface area contributed by atoms with Crippen molar-refractivity contribution in [3.8, 4) is 11.8 Å². The molecule has 0 aliphatic carbocycles. The van der Waals surface area contributed by atoms with Crippen LogP contribution in [0.5, 0.6) is 0 Å². The number of amides is 1. The lowest BCUT2D eigenvalue weighted by atomic mass is 10.2. The van der Waals surface area contributed by atoms with Gasteiger partial charge < -0.3 is 10.1 Å². The highest BCUT2D eigenvalue weighted by atomic mass is 16.5. The highest BCUT2D eigenvalue weighted by Gasteiger charge is 2.19. The molecule has 0 bridgehead atoms. The quantitative estimate of drug-likeness (QED) is 0.851. The SMILES string of the molecule is CC#CC(=O)NCC1CN(Cc2ccccc2)CCCO1. The van der Waals surface area contributed by atoms with Gasteiger partial charge in [0.25, 0.3) is 5.91 Å². The van der Waals surface area contributed by atoms with Crippen LogP contribution in [0.2, 0.25) is 0 Å². The molecule has 1 fully saturated rings. The summed E-state index contributed by atoms with van der Waals surface area (Å²) in [5, 5.41) is 2.80. The van der Waals surface area contributed by atoms with Crippen LogP contribution in [-0.2, 0) is 16.1 Å². The maximum atomic E-state index is 11.4. The van der Waals surface area contributed by atoms with E-state index in [1.165, 1.54) is 5.56 Å². The van der Waals surface area contributed by atoms with Crippen LogP contribution in [0.3, 0.4) is 0 Å². The summed E-state index contributed by atoms with van der Waals surface area (Å²) in [6.07, 6.45) is 1.05. The fourth-order valence-corrected chi connectivity index (χ4v) is 2.44. The molecule has 1 atom stereocenters. The van der Waals surface area contributed by atoms with Gasteiger partial charge in [0.15, 0.2) is 0 Å². The first kappa shape index (κ1) is 15.6. The lowest BCUT2D eigenvalue weighted by molar-refractivity contribution is -0.116. The number of ether oxygens (including phenoxy) is 1. The fraction of sp³-hybridized carbons (Fsp3) is 0.471. The Labute approximate surface area is 126 Å². The van der Waals surface area contributed by atoms with E-state index in [2.05, 4.69) is 46.3 Å². The Kier molecular flexibility index (Phi) is 6.26. The van der Waals surface area contributed by atoms with Gasteiger partial charge in [0.1, 0.15) is 0 Å². The monoisotopic (exact) mass is 286 g/mol. The molecule has 1 heterocycles. The third-order valence-electron chi connectivity index (χ3n) is 3.41. The van der Waals surface area contributed by atoms with Gasteiger partial charge in [-0.05, 0) is 24.8 Å². The van der Waals surface area contributed by atoms with Gasteiger partial charge in [-0.15, -0.1) is 0 Å². The second-order valence-electron chi connectivity index (χ2n) is 5.15. The summed E-state index contributed by atoms with van der Waals surface area (Å²) >= 11 is 0. The minimum absolute atomic E-state index is 0.0267. The van der Waals surface area contributed by atoms with Crippen molar-refractivity contribution in [2.45, 2.75) is 26.0 Å². The normalized spacial score (nSPS) is 19.2. The van der Waals surface area contributed by atoms with Crippen LogP contribution < -0.4 is 5.32 Å². The number of carbonyl (C=O) groups excluding carboxylic acids is 1. The molecule has 2 rings (SSSR count). The zero-order chi connectivity index (χ0) is 14.9. The molecule has 0 spiro atoms. The molecule has 1 N–H and O–H groups in total. The lowest BCUT2D eigenvalue weighted by Gasteiger charge is -2.23. The number of hydrogen-bond acceptors (Lipinski definition) is 3. The van der Waals surface area contributed by atoms with Crippen molar-refractivity contribution in [1.29, 1.82) is 0 Å². The molecule has 1 saturated heterocycles. The Hall–Kier alpha value is -1.83. The topological polar surface area (TPSA) is 41.6 Å². The van der Waals surface area contributed by atoms with Crippen LogP contribution in [0.1, 0.15) is 18.9 Å². The molecule has 1 aliphatic rings. The molecule has 21 heavy (non-hydrogen) atoms. The molecule has 0 saturated carbocycles. The van der Waals surface area contributed by atoms with E-state index >= 15 is 0 Å². The zero-order valence-corrected chi connectivity index (χ0v) is 12.5. The Morgan fingerprint density at radius 1 is 1.43 bits per heavy atom. The van der Waals surface area contributed by atoms with Crippen molar-refractivity contribution < 1.29 is 9.53 Å². The minimum Gasteiger partial charge on any atom is -0.375 e. The molecule has 112 valence electrons. The number of nitrogens with one attached hydrogen (secondary N) is 1. The Morgan fingerprint density at radius 3 is 3.00 bits per heavy atom. The number of hydrogen-bond donors (Lipinski definition) is 1. The summed E-state index contributed by atoms with van der Waals surface area (Å²) in [5.41, 5.74) is 1.30. The molecule has 1 aliphatic heterocycles. The molecule has 4 nitrogen and oxygen atoms in total. The van der Waals surface area contributed by atoms with Gasteiger partial charge in [0.05, 0.1) is 6.10 Å². The van der Waals surface area contributed by atoms with E-state index < -0.39 is 0 Å². The first-order valence-corrected chi connectivity index (χ1v) is 7.36. The van der Waals surface area contributed by atoms with Crippen LogP contribution in [0.4, 0.5) is 0 Å². The summed E-state index contributed by atoms with van der Waals surface area (Å²) in [6, 6.07) is 10.4. The molecular formula is C17H22N2O2. The van der Waals surface area contributed by atoms with Gasteiger partial charge in [0, 0.05) is 32.8 Å². The van der Waals surface area contributed by atoms with Gasteiger partial charge >= 0.3 is 0 Å². The second-order valence-corrected chi connectivity index (χ2v) is 5.15. The minimum atomic E-state index is -0.236. The zero-order valence-electron chi connectivity index (χ0n) is 12.5. The summed E-state index contributed by atoms with van der Waals surface area (Å²) < 4.78 is 5.79. The number of rotatable bonds is 4. The predicted molar refractivity (Wildman–Crippen MR) is 82.5 cm³/mol.